The summed E-state index contributed by atoms with van der Waals surface area (Å²) in [6.45, 7) is 1.11. The van der Waals surface area contributed by atoms with Gasteiger partial charge in [0.15, 0.2) is 5.79 Å². The van der Waals surface area contributed by atoms with E-state index in [-0.39, 0.29) is 54.7 Å². The number of hydrogen-bond donors (Lipinski definition) is 4. The monoisotopic (exact) mass is 566 g/mol. The summed E-state index contributed by atoms with van der Waals surface area (Å²) in [5.41, 5.74) is 7.42. The first-order valence-electron chi connectivity index (χ1n) is 12.5. The average Bonchev–Trinajstić information content (AvgIpc) is 3.68. The lowest BCUT2D eigenvalue weighted by Gasteiger charge is -2.24. The minimum atomic E-state index is -1.21. The number of likely N-dealkylation sites (tertiary alicyclic amines) is 1. The van der Waals surface area contributed by atoms with Gasteiger partial charge in [0.2, 0.25) is 11.8 Å². The number of nitrogens with one attached hydrogen (secondary N) is 2. The molecule has 2 fully saturated rings. The molecule has 1 spiro atoms. The van der Waals surface area contributed by atoms with E-state index in [1.165, 1.54) is 28.4 Å². The summed E-state index contributed by atoms with van der Waals surface area (Å²) in [5, 5.41) is 21.2. The number of carboxylic acids is 1. The van der Waals surface area contributed by atoms with Crippen LogP contribution in [0.2, 0.25) is 0 Å². The topological polar surface area (TPSA) is 155 Å². The fraction of sp³-hybridized carbons (Fsp3) is 0.286. The van der Waals surface area contributed by atoms with Crippen LogP contribution in [-0.2, 0) is 32.0 Å². The van der Waals surface area contributed by atoms with Gasteiger partial charge in [0.1, 0.15) is 17.7 Å². The van der Waals surface area contributed by atoms with Crippen molar-refractivity contribution in [3.8, 4) is 11.1 Å². The highest BCUT2D eigenvalue weighted by molar-refractivity contribution is 7.10. The molecular formula is C28H27FN4O6S. The van der Waals surface area contributed by atoms with Crippen molar-refractivity contribution in [3.63, 3.8) is 0 Å². The van der Waals surface area contributed by atoms with Gasteiger partial charge < -0.3 is 30.5 Å². The van der Waals surface area contributed by atoms with E-state index in [9.17, 15) is 18.8 Å². The molecule has 5 rings (SSSR count). The van der Waals surface area contributed by atoms with Crippen molar-refractivity contribution in [1.82, 2.24) is 10.2 Å². The number of nitrogens with zero attached hydrogens (tertiary/aromatic N) is 1. The first kappa shape index (κ1) is 27.4. The third-order valence-electron chi connectivity index (χ3n) is 6.97. The number of nitrogens with two attached hydrogens (primary N) is 1. The van der Waals surface area contributed by atoms with Gasteiger partial charge in [-0.3, -0.25) is 15.0 Å². The molecular weight excluding hydrogens is 539 g/mol. The first-order chi connectivity index (χ1) is 19.1. The van der Waals surface area contributed by atoms with Crippen molar-refractivity contribution in [2.45, 2.75) is 31.2 Å². The van der Waals surface area contributed by atoms with Crippen LogP contribution in [0.25, 0.3) is 11.1 Å². The number of halogens is 1. The molecule has 2 amide bonds. The second-order valence-corrected chi connectivity index (χ2v) is 10.7. The quantitative estimate of drug-likeness (QED) is 0.241. The van der Waals surface area contributed by atoms with Crippen LogP contribution in [0.5, 0.6) is 0 Å². The minimum absolute atomic E-state index is 0.00741. The molecule has 40 heavy (non-hydrogen) atoms. The Hall–Kier alpha value is -4.13. The van der Waals surface area contributed by atoms with Crippen LogP contribution in [0.15, 0.2) is 53.9 Å². The van der Waals surface area contributed by atoms with E-state index >= 15 is 0 Å². The van der Waals surface area contributed by atoms with E-state index in [0.29, 0.717) is 29.9 Å². The molecule has 2 saturated heterocycles. The molecule has 1 atom stereocenters. The van der Waals surface area contributed by atoms with Gasteiger partial charge in [-0.25, -0.2) is 9.18 Å². The van der Waals surface area contributed by atoms with Crippen molar-refractivity contribution in [2.24, 2.45) is 5.73 Å². The zero-order valence-corrected chi connectivity index (χ0v) is 22.1. The van der Waals surface area contributed by atoms with Crippen LogP contribution in [0.1, 0.15) is 32.8 Å². The number of amides is 2. The number of aromatic carboxylic acids is 1. The summed E-state index contributed by atoms with van der Waals surface area (Å²) in [5.74, 6) is -3.55. The van der Waals surface area contributed by atoms with Gasteiger partial charge in [-0.15, -0.1) is 11.3 Å². The molecule has 208 valence electrons. The zero-order valence-electron chi connectivity index (χ0n) is 21.3. The van der Waals surface area contributed by atoms with Gasteiger partial charge in [0.25, 0.3) is 0 Å². The summed E-state index contributed by atoms with van der Waals surface area (Å²) in [4.78, 5) is 40.0. The van der Waals surface area contributed by atoms with Crippen molar-refractivity contribution >= 4 is 35.0 Å². The lowest BCUT2D eigenvalue weighted by Crippen LogP contribution is -2.46. The van der Waals surface area contributed by atoms with Crippen LogP contribution in [0, 0.1) is 11.2 Å². The molecule has 0 saturated carbocycles. The normalized spacial score (nSPS) is 17.7. The molecule has 0 bridgehead atoms. The Bertz CT molecular complexity index is 1470. The smallest absolute Gasteiger partial charge is 0.335 e. The number of hydrogen-bond acceptors (Lipinski definition) is 7. The molecule has 0 aliphatic carbocycles. The van der Waals surface area contributed by atoms with Gasteiger partial charge in [-0.1, -0.05) is 30.3 Å². The molecule has 2 aromatic carbocycles. The first-order valence-corrected chi connectivity index (χ1v) is 13.4. The second kappa shape index (κ2) is 11.2. The van der Waals surface area contributed by atoms with Gasteiger partial charge in [-0.05, 0) is 29.3 Å². The molecule has 2 aliphatic rings. The molecule has 10 nitrogen and oxygen atoms in total. The lowest BCUT2D eigenvalue weighted by atomic mass is 10.0. The van der Waals surface area contributed by atoms with Gasteiger partial charge in [0.05, 0.1) is 38.3 Å². The highest BCUT2D eigenvalue weighted by Gasteiger charge is 2.52. The van der Waals surface area contributed by atoms with Crippen molar-refractivity contribution in [3.05, 3.63) is 81.3 Å². The van der Waals surface area contributed by atoms with Crippen LogP contribution in [-0.4, -0.2) is 65.2 Å². The van der Waals surface area contributed by atoms with Crippen LogP contribution < -0.4 is 11.1 Å². The van der Waals surface area contributed by atoms with Crippen LogP contribution in [0.3, 0.4) is 0 Å². The summed E-state index contributed by atoms with van der Waals surface area (Å²) in [6, 6.07) is 11.4. The molecule has 0 radical (unpaired) electrons. The molecule has 12 heteroatoms. The number of rotatable bonds is 8. The van der Waals surface area contributed by atoms with Crippen molar-refractivity contribution < 1.29 is 33.4 Å². The summed E-state index contributed by atoms with van der Waals surface area (Å²) >= 11 is 1.38. The standard InChI is InChI=1S/C28H27FN4O6S/c29-22-11-18(27(36)37)5-6-21(22)17-3-1-16(2-4-17)9-24(34)33-15-28(38-7-8-39-28)12-23(33)26(35)32-13-20-10-19(14-40-20)25(30)31/h1-6,10-11,14,23H,7-9,12-13,15H2,(H3,30,31)(H,32,35)(H,36,37). The van der Waals surface area contributed by atoms with Crippen molar-refractivity contribution in [1.29, 1.82) is 5.41 Å². The Labute approximate surface area is 233 Å². The van der Waals surface area contributed by atoms with E-state index in [2.05, 4.69) is 5.32 Å². The Morgan fingerprint density at radius 1 is 1.12 bits per heavy atom. The minimum Gasteiger partial charge on any atom is -0.478 e. The third kappa shape index (κ3) is 5.74. The third-order valence-corrected chi connectivity index (χ3v) is 7.90. The van der Waals surface area contributed by atoms with Crippen molar-refractivity contribution in [2.75, 3.05) is 19.8 Å². The van der Waals surface area contributed by atoms with E-state index in [4.69, 9.17) is 25.7 Å². The molecule has 1 aromatic heterocycles. The highest BCUT2D eigenvalue weighted by Crippen LogP contribution is 2.35. The molecule has 1 unspecified atom stereocenters. The van der Waals surface area contributed by atoms with E-state index in [1.807, 2.05) is 0 Å². The maximum absolute atomic E-state index is 14.5. The number of carbonyl (C=O) groups is 3. The Balaban J connectivity index is 1.27. The van der Waals surface area contributed by atoms with Gasteiger partial charge in [-0.2, -0.15) is 0 Å². The molecule has 2 aliphatic heterocycles. The van der Waals surface area contributed by atoms with E-state index in [1.54, 1.807) is 35.7 Å². The average molecular weight is 567 g/mol. The number of ether oxygens (including phenoxy) is 2. The Morgan fingerprint density at radius 3 is 2.48 bits per heavy atom. The predicted molar refractivity (Wildman–Crippen MR) is 144 cm³/mol. The predicted octanol–water partition coefficient (Wildman–Crippen LogP) is 2.74. The fourth-order valence-corrected chi connectivity index (χ4v) is 5.73. The molecule has 3 aromatic rings. The van der Waals surface area contributed by atoms with Gasteiger partial charge >= 0.3 is 5.97 Å². The highest BCUT2D eigenvalue weighted by atomic mass is 32.1. The Morgan fingerprint density at radius 2 is 1.85 bits per heavy atom. The maximum atomic E-state index is 14.5. The molecule has 5 N–H and O–H groups in total. The second-order valence-electron chi connectivity index (χ2n) is 9.66. The van der Waals surface area contributed by atoms with E-state index in [0.717, 1.165) is 10.9 Å². The number of benzene rings is 2. The van der Waals surface area contributed by atoms with Gasteiger partial charge in [0, 0.05) is 27.8 Å². The summed E-state index contributed by atoms with van der Waals surface area (Å²) < 4.78 is 26.1. The number of thiophene rings is 1. The number of carboxylic acid groups (broad SMARTS) is 1. The SMILES string of the molecule is N=C(N)c1csc(CNC(=O)C2CC3(CN2C(=O)Cc2ccc(-c4ccc(C(=O)O)cc4F)cc2)OCCO3)c1. The zero-order chi connectivity index (χ0) is 28.4. The lowest BCUT2D eigenvalue weighted by molar-refractivity contribution is -0.152. The van der Waals surface area contributed by atoms with Crippen LogP contribution >= 0.6 is 11.3 Å². The fourth-order valence-electron chi connectivity index (χ4n) is 4.91. The number of carbonyl (C=O) groups excluding carboxylic acids is 2. The van der Waals surface area contributed by atoms with E-state index < -0.39 is 23.6 Å². The molecule has 3 heterocycles. The summed E-state index contributed by atoms with van der Waals surface area (Å²) in [7, 11) is 0. The maximum Gasteiger partial charge on any atom is 0.335 e. The number of nitrogen functional groups attached to an aromatic ring is 1. The van der Waals surface area contributed by atoms with Crippen LogP contribution in [0.4, 0.5) is 4.39 Å². The summed E-state index contributed by atoms with van der Waals surface area (Å²) in [6.07, 6.45) is 0.214. The largest absolute Gasteiger partial charge is 0.478 e. The number of amidine groups is 1. The Kier molecular flexibility index (Phi) is 7.66.